The van der Waals surface area contributed by atoms with Crippen molar-refractivity contribution in [2.75, 3.05) is 7.11 Å². The Morgan fingerprint density at radius 3 is 2.24 bits per heavy atom. The van der Waals surface area contributed by atoms with Crippen LogP contribution in [0, 0.1) is 0 Å². The van der Waals surface area contributed by atoms with Crippen LogP contribution in [0.15, 0.2) is 24.3 Å². The zero-order valence-electron chi connectivity index (χ0n) is 10.6. The summed E-state index contributed by atoms with van der Waals surface area (Å²) in [6.07, 6.45) is 8.57. The number of rotatable bonds is 5. The highest BCUT2D eigenvalue weighted by molar-refractivity contribution is 7.53. The highest BCUT2D eigenvalue weighted by Crippen LogP contribution is 2.62. The summed E-state index contributed by atoms with van der Waals surface area (Å²) >= 11 is 0. The van der Waals surface area contributed by atoms with E-state index >= 15 is 0 Å². The standard InChI is InChI=1S/C12H21O4P/c1-4-12(5-2,17(13,14)15)11(16-3)9-7-6-8-10-11/h6-9H,4-5,10H2,1-3H3,(H2,13,14,15). The number of ether oxygens (including phenoxy) is 1. The summed E-state index contributed by atoms with van der Waals surface area (Å²) < 4.78 is 17.5. The molecular weight excluding hydrogens is 239 g/mol. The Labute approximate surface area is 103 Å². The molecule has 0 amide bonds. The van der Waals surface area contributed by atoms with E-state index in [4.69, 9.17) is 4.74 Å². The second-order valence-electron chi connectivity index (χ2n) is 4.37. The molecule has 1 unspecified atom stereocenters. The van der Waals surface area contributed by atoms with E-state index in [-0.39, 0.29) is 0 Å². The molecule has 1 atom stereocenters. The Hall–Kier alpha value is -0.410. The van der Waals surface area contributed by atoms with Gasteiger partial charge in [0, 0.05) is 7.11 Å². The maximum Gasteiger partial charge on any atom is 0.334 e. The van der Waals surface area contributed by atoms with E-state index in [1.807, 2.05) is 12.2 Å². The lowest BCUT2D eigenvalue weighted by Crippen LogP contribution is -2.53. The lowest BCUT2D eigenvalue weighted by atomic mass is 9.78. The molecule has 0 radical (unpaired) electrons. The fourth-order valence-corrected chi connectivity index (χ4v) is 4.37. The molecule has 1 rings (SSSR count). The molecule has 17 heavy (non-hydrogen) atoms. The Balaban J connectivity index is 3.35. The van der Waals surface area contributed by atoms with Crippen molar-refractivity contribution >= 4 is 7.60 Å². The summed E-state index contributed by atoms with van der Waals surface area (Å²) in [7, 11) is -2.75. The predicted octanol–water partition coefficient (Wildman–Crippen LogP) is 2.62. The highest BCUT2D eigenvalue weighted by Gasteiger charge is 2.58. The molecule has 0 aromatic heterocycles. The highest BCUT2D eigenvalue weighted by atomic mass is 31.2. The average Bonchev–Trinajstić information content (AvgIpc) is 2.30. The Morgan fingerprint density at radius 1 is 1.35 bits per heavy atom. The quantitative estimate of drug-likeness (QED) is 0.746. The van der Waals surface area contributed by atoms with Gasteiger partial charge in [0.1, 0.15) is 10.8 Å². The lowest BCUT2D eigenvalue weighted by Gasteiger charge is -2.47. The lowest BCUT2D eigenvalue weighted by molar-refractivity contribution is -0.0151. The van der Waals surface area contributed by atoms with Gasteiger partial charge in [-0.15, -0.1) is 0 Å². The minimum atomic E-state index is -4.27. The number of allylic oxidation sites excluding steroid dienone is 2. The van der Waals surface area contributed by atoms with E-state index in [0.717, 1.165) is 0 Å². The van der Waals surface area contributed by atoms with Crippen molar-refractivity contribution < 1.29 is 19.1 Å². The van der Waals surface area contributed by atoms with Gasteiger partial charge in [0.2, 0.25) is 0 Å². The zero-order chi connectivity index (χ0) is 13.2. The zero-order valence-corrected chi connectivity index (χ0v) is 11.5. The minimum Gasteiger partial charge on any atom is -0.373 e. The normalized spacial score (nSPS) is 25.2. The van der Waals surface area contributed by atoms with Crippen LogP contribution >= 0.6 is 7.60 Å². The second kappa shape index (κ2) is 5.07. The van der Waals surface area contributed by atoms with Gasteiger partial charge < -0.3 is 14.5 Å². The van der Waals surface area contributed by atoms with Gasteiger partial charge in [0.25, 0.3) is 0 Å². The molecule has 0 heterocycles. The summed E-state index contributed by atoms with van der Waals surface area (Å²) in [6.45, 7) is 3.60. The first-order chi connectivity index (χ1) is 7.89. The van der Waals surface area contributed by atoms with Gasteiger partial charge in [-0.3, -0.25) is 4.57 Å². The molecule has 4 nitrogen and oxygen atoms in total. The summed E-state index contributed by atoms with van der Waals surface area (Å²) in [5, 5.41) is -1.16. The van der Waals surface area contributed by atoms with Crippen LogP contribution in [0.2, 0.25) is 0 Å². The van der Waals surface area contributed by atoms with E-state index in [1.54, 1.807) is 26.0 Å². The fourth-order valence-electron chi connectivity index (χ4n) is 2.79. The Bertz CT molecular complexity index is 365. The topological polar surface area (TPSA) is 66.8 Å². The van der Waals surface area contributed by atoms with E-state index in [2.05, 4.69) is 0 Å². The van der Waals surface area contributed by atoms with E-state index in [1.165, 1.54) is 7.11 Å². The fraction of sp³-hybridized carbons (Fsp3) is 0.667. The van der Waals surface area contributed by atoms with Crippen molar-refractivity contribution in [3.05, 3.63) is 24.3 Å². The molecule has 0 saturated carbocycles. The third kappa shape index (κ3) is 2.15. The number of methoxy groups -OCH3 is 1. The van der Waals surface area contributed by atoms with Gasteiger partial charge in [-0.1, -0.05) is 38.2 Å². The molecule has 5 heteroatoms. The van der Waals surface area contributed by atoms with Crippen LogP contribution in [-0.4, -0.2) is 27.7 Å². The summed E-state index contributed by atoms with van der Waals surface area (Å²) in [5.74, 6) is 0. The molecule has 1 aliphatic carbocycles. The van der Waals surface area contributed by atoms with Gasteiger partial charge in [0.15, 0.2) is 0 Å². The van der Waals surface area contributed by atoms with Crippen LogP contribution in [0.3, 0.4) is 0 Å². The molecule has 0 aromatic rings. The SMILES string of the molecule is CCC(CC)(C1(OC)C=CC=CC1)P(=O)(O)O. The van der Waals surface area contributed by atoms with Gasteiger partial charge in [-0.05, 0) is 19.3 Å². The van der Waals surface area contributed by atoms with Crippen LogP contribution in [0.1, 0.15) is 33.1 Å². The molecule has 0 fully saturated rings. The molecular formula is C12H21O4P. The molecule has 0 aliphatic heterocycles. The van der Waals surface area contributed by atoms with Crippen LogP contribution in [0.4, 0.5) is 0 Å². The third-order valence-corrected chi connectivity index (χ3v) is 6.04. The van der Waals surface area contributed by atoms with Crippen LogP contribution in [-0.2, 0) is 9.30 Å². The van der Waals surface area contributed by atoms with Crippen LogP contribution < -0.4 is 0 Å². The van der Waals surface area contributed by atoms with E-state index in [0.29, 0.717) is 19.3 Å². The molecule has 0 saturated heterocycles. The van der Waals surface area contributed by atoms with Crippen molar-refractivity contribution in [2.45, 2.75) is 43.9 Å². The smallest absolute Gasteiger partial charge is 0.334 e. The monoisotopic (exact) mass is 260 g/mol. The van der Waals surface area contributed by atoms with Crippen molar-refractivity contribution in [1.82, 2.24) is 0 Å². The molecule has 0 aromatic carbocycles. The number of hydrogen-bond acceptors (Lipinski definition) is 2. The molecule has 0 bridgehead atoms. The Kier molecular flexibility index (Phi) is 4.37. The van der Waals surface area contributed by atoms with Crippen molar-refractivity contribution in [2.24, 2.45) is 0 Å². The molecule has 98 valence electrons. The first-order valence-corrected chi connectivity index (χ1v) is 7.45. The van der Waals surface area contributed by atoms with Gasteiger partial charge in [-0.2, -0.15) is 0 Å². The maximum atomic E-state index is 11.9. The van der Waals surface area contributed by atoms with Crippen LogP contribution in [0.5, 0.6) is 0 Å². The summed E-state index contributed by atoms with van der Waals surface area (Å²) in [5.41, 5.74) is -0.912. The largest absolute Gasteiger partial charge is 0.373 e. The minimum absolute atomic E-state index is 0.375. The third-order valence-electron chi connectivity index (χ3n) is 3.91. The maximum absolute atomic E-state index is 11.9. The molecule has 1 aliphatic rings. The predicted molar refractivity (Wildman–Crippen MR) is 68.0 cm³/mol. The second-order valence-corrected chi connectivity index (χ2v) is 6.31. The first-order valence-electron chi connectivity index (χ1n) is 5.84. The summed E-state index contributed by atoms with van der Waals surface area (Å²) in [4.78, 5) is 19.5. The Morgan fingerprint density at radius 2 is 1.94 bits per heavy atom. The first kappa shape index (κ1) is 14.7. The molecule has 2 N–H and O–H groups in total. The van der Waals surface area contributed by atoms with Crippen molar-refractivity contribution in [1.29, 1.82) is 0 Å². The summed E-state index contributed by atoms with van der Waals surface area (Å²) in [6, 6.07) is 0. The number of hydrogen-bond donors (Lipinski definition) is 2. The average molecular weight is 260 g/mol. The van der Waals surface area contributed by atoms with Crippen molar-refractivity contribution in [3.63, 3.8) is 0 Å². The van der Waals surface area contributed by atoms with Gasteiger partial charge in [0.05, 0.1) is 0 Å². The van der Waals surface area contributed by atoms with Crippen molar-refractivity contribution in [3.8, 4) is 0 Å². The van der Waals surface area contributed by atoms with Gasteiger partial charge >= 0.3 is 7.60 Å². The van der Waals surface area contributed by atoms with Crippen LogP contribution in [0.25, 0.3) is 0 Å². The van der Waals surface area contributed by atoms with Gasteiger partial charge in [-0.25, -0.2) is 0 Å². The molecule has 0 spiro atoms. The van der Waals surface area contributed by atoms with E-state index in [9.17, 15) is 14.4 Å². The van der Waals surface area contributed by atoms with E-state index < -0.39 is 18.4 Å².